The number of aromatic nitrogens is 2. The van der Waals surface area contributed by atoms with Crippen molar-refractivity contribution in [3.05, 3.63) is 11.7 Å². The van der Waals surface area contributed by atoms with Crippen LogP contribution in [0.15, 0.2) is 4.52 Å². The first kappa shape index (κ1) is 11.5. The lowest BCUT2D eigenvalue weighted by atomic mass is 10.2. The van der Waals surface area contributed by atoms with Gasteiger partial charge in [-0.2, -0.15) is 4.98 Å². The van der Waals surface area contributed by atoms with E-state index in [0.717, 1.165) is 6.54 Å². The summed E-state index contributed by atoms with van der Waals surface area (Å²) in [6.07, 6.45) is -0.163. The summed E-state index contributed by atoms with van der Waals surface area (Å²) < 4.78 is 18.2. The number of nitrogens with zero attached hydrogens (tertiary/aromatic N) is 3. The predicted octanol–water partition coefficient (Wildman–Crippen LogP) is 0.510. The molecular formula is C10H17FN4O. The maximum atomic E-state index is 13.3. The molecule has 1 aliphatic rings. The van der Waals surface area contributed by atoms with Crippen molar-refractivity contribution >= 4 is 0 Å². The van der Waals surface area contributed by atoms with E-state index in [-0.39, 0.29) is 6.04 Å². The Balaban J connectivity index is 1.97. The highest BCUT2D eigenvalue weighted by Crippen LogP contribution is 2.21. The minimum Gasteiger partial charge on any atom is -0.340 e. The second kappa shape index (κ2) is 4.88. The fourth-order valence-corrected chi connectivity index (χ4v) is 2.15. The molecule has 0 radical (unpaired) electrons. The number of hydrogen-bond donors (Lipinski definition) is 1. The van der Waals surface area contributed by atoms with Gasteiger partial charge in [0.05, 0.1) is 6.54 Å². The molecule has 1 aromatic rings. The molecule has 0 saturated carbocycles. The van der Waals surface area contributed by atoms with Gasteiger partial charge in [0.2, 0.25) is 5.89 Å². The van der Waals surface area contributed by atoms with E-state index in [1.165, 1.54) is 0 Å². The monoisotopic (exact) mass is 228 g/mol. The Morgan fingerprint density at radius 2 is 2.44 bits per heavy atom. The number of halogens is 1. The fraction of sp³-hybridized carbons (Fsp3) is 0.800. The Kier molecular flexibility index (Phi) is 3.50. The number of rotatable bonds is 4. The first-order valence-electron chi connectivity index (χ1n) is 5.51. The van der Waals surface area contributed by atoms with Crippen molar-refractivity contribution in [3.63, 3.8) is 0 Å². The highest BCUT2D eigenvalue weighted by atomic mass is 19.1. The maximum absolute atomic E-state index is 13.3. The average Bonchev–Trinajstić information content (AvgIpc) is 2.76. The van der Waals surface area contributed by atoms with Crippen LogP contribution < -0.4 is 5.32 Å². The number of likely N-dealkylation sites (N-methyl/N-ethyl adjacent to an activating group) is 1. The molecule has 1 aliphatic heterocycles. The number of aryl methyl sites for hydroxylation is 1. The van der Waals surface area contributed by atoms with Gasteiger partial charge >= 0.3 is 0 Å². The van der Waals surface area contributed by atoms with Crippen molar-refractivity contribution in [1.29, 1.82) is 0 Å². The largest absolute Gasteiger partial charge is 0.340 e. The summed E-state index contributed by atoms with van der Waals surface area (Å²) in [5.41, 5.74) is 0. The summed E-state index contributed by atoms with van der Waals surface area (Å²) in [6, 6.07) is 0.221. The molecule has 0 unspecified atom stereocenters. The topological polar surface area (TPSA) is 54.2 Å². The van der Waals surface area contributed by atoms with E-state index in [0.29, 0.717) is 31.2 Å². The SMILES string of the molecule is CNC[C@H]1C[C@H](F)CN1Cc1noc(C)n1. The third-order valence-electron chi connectivity index (χ3n) is 2.83. The Morgan fingerprint density at radius 1 is 1.62 bits per heavy atom. The summed E-state index contributed by atoms with van der Waals surface area (Å²) in [4.78, 5) is 6.19. The molecule has 1 fully saturated rings. The highest BCUT2D eigenvalue weighted by Gasteiger charge is 2.32. The van der Waals surface area contributed by atoms with Gasteiger partial charge in [0.15, 0.2) is 5.82 Å². The molecule has 1 N–H and O–H groups in total. The van der Waals surface area contributed by atoms with Gasteiger partial charge in [-0.1, -0.05) is 5.16 Å². The molecule has 0 bridgehead atoms. The number of hydrogen-bond acceptors (Lipinski definition) is 5. The first-order chi connectivity index (χ1) is 7.69. The number of alkyl halides is 1. The van der Waals surface area contributed by atoms with Crippen molar-refractivity contribution in [2.75, 3.05) is 20.1 Å². The smallest absolute Gasteiger partial charge is 0.223 e. The van der Waals surface area contributed by atoms with Crippen LogP contribution in [0.2, 0.25) is 0 Å². The van der Waals surface area contributed by atoms with Crippen molar-refractivity contribution in [3.8, 4) is 0 Å². The van der Waals surface area contributed by atoms with Crippen LogP contribution in [0, 0.1) is 6.92 Å². The lowest BCUT2D eigenvalue weighted by Crippen LogP contribution is -2.36. The van der Waals surface area contributed by atoms with E-state index in [1.807, 2.05) is 7.05 Å². The van der Waals surface area contributed by atoms with Crippen molar-refractivity contribution in [2.24, 2.45) is 0 Å². The third kappa shape index (κ3) is 2.56. The van der Waals surface area contributed by atoms with Crippen LogP contribution in [0.25, 0.3) is 0 Å². The highest BCUT2D eigenvalue weighted by molar-refractivity contribution is 4.91. The molecule has 6 heteroatoms. The van der Waals surface area contributed by atoms with Gasteiger partial charge in [0.25, 0.3) is 0 Å². The fourth-order valence-electron chi connectivity index (χ4n) is 2.15. The quantitative estimate of drug-likeness (QED) is 0.813. The standard InChI is InChI=1S/C10H17FN4O/c1-7-13-10(14-16-7)6-15-5-8(11)3-9(15)4-12-2/h8-9,12H,3-6H2,1-2H3/t8-,9+/m0/s1. The summed E-state index contributed by atoms with van der Waals surface area (Å²) in [5, 5.41) is 6.91. The number of nitrogens with one attached hydrogen (secondary N) is 1. The van der Waals surface area contributed by atoms with Crippen LogP contribution in [-0.4, -0.2) is 47.4 Å². The number of likely N-dealkylation sites (tertiary alicyclic amines) is 1. The maximum Gasteiger partial charge on any atom is 0.223 e. The van der Waals surface area contributed by atoms with Gasteiger partial charge in [-0.05, 0) is 13.5 Å². The van der Waals surface area contributed by atoms with E-state index < -0.39 is 6.17 Å². The van der Waals surface area contributed by atoms with Crippen LogP contribution in [0.5, 0.6) is 0 Å². The third-order valence-corrected chi connectivity index (χ3v) is 2.83. The van der Waals surface area contributed by atoms with Gasteiger partial charge in [0, 0.05) is 26.1 Å². The summed E-state index contributed by atoms with van der Waals surface area (Å²) in [6.45, 7) is 3.56. The molecule has 2 heterocycles. The predicted molar refractivity (Wildman–Crippen MR) is 56.7 cm³/mol. The molecular weight excluding hydrogens is 211 g/mol. The first-order valence-corrected chi connectivity index (χ1v) is 5.51. The van der Waals surface area contributed by atoms with Gasteiger partial charge in [-0.15, -0.1) is 0 Å². The van der Waals surface area contributed by atoms with Crippen LogP contribution in [0.4, 0.5) is 4.39 Å². The molecule has 2 rings (SSSR count). The zero-order chi connectivity index (χ0) is 11.5. The average molecular weight is 228 g/mol. The lowest BCUT2D eigenvalue weighted by molar-refractivity contribution is 0.224. The van der Waals surface area contributed by atoms with Crippen LogP contribution in [0.3, 0.4) is 0 Å². The minimum atomic E-state index is -0.744. The molecule has 0 aromatic carbocycles. The molecule has 5 nitrogen and oxygen atoms in total. The second-order valence-electron chi connectivity index (χ2n) is 4.20. The van der Waals surface area contributed by atoms with E-state index in [2.05, 4.69) is 20.4 Å². The molecule has 1 aromatic heterocycles. The summed E-state index contributed by atoms with van der Waals surface area (Å²) in [5.74, 6) is 1.18. The molecule has 0 amide bonds. The molecule has 0 aliphatic carbocycles. The van der Waals surface area contributed by atoms with Crippen molar-refractivity contribution < 1.29 is 8.91 Å². The van der Waals surface area contributed by atoms with Gasteiger partial charge in [-0.25, -0.2) is 4.39 Å². The van der Waals surface area contributed by atoms with E-state index >= 15 is 0 Å². The Labute approximate surface area is 94.0 Å². The van der Waals surface area contributed by atoms with Crippen LogP contribution in [0.1, 0.15) is 18.1 Å². The molecule has 16 heavy (non-hydrogen) atoms. The van der Waals surface area contributed by atoms with Crippen molar-refractivity contribution in [2.45, 2.75) is 32.1 Å². The molecule has 1 saturated heterocycles. The van der Waals surface area contributed by atoms with E-state index in [1.54, 1.807) is 6.92 Å². The summed E-state index contributed by atoms with van der Waals surface area (Å²) >= 11 is 0. The zero-order valence-electron chi connectivity index (χ0n) is 9.61. The van der Waals surface area contributed by atoms with Crippen LogP contribution in [-0.2, 0) is 6.54 Å². The van der Waals surface area contributed by atoms with E-state index in [9.17, 15) is 4.39 Å². The summed E-state index contributed by atoms with van der Waals surface area (Å²) in [7, 11) is 1.88. The Morgan fingerprint density at radius 3 is 3.06 bits per heavy atom. The zero-order valence-corrected chi connectivity index (χ0v) is 9.61. The second-order valence-corrected chi connectivity index (χ2v) is 4.20. The lowest BCUT2D eigenvalue weighted by Gasteiger charge is -2.21. The van der Waals surface area contributed by atoms with Gasteiger partial charge < -0.3 is 9.84 Å². The Hall–Kier alpha value is -1.01. The molecule has 0 spiro atoms. The van der Waals surface area contributed by atoms with E-state index in [4.69, 9.17) is 4.52 Å². The normalized spacial score (nSPS) is 26.4. The minimum absolute atomic E-state index is 0.221. The van der Waals surface area contributed by atoms with Crippen molar-refractivity contribution in [1.82, 2.24) is 20.4 Å². The Bertz CT molecular complexity index is 343. The van der Waals surface area contributed by atoms with Gasteiger partial charge in [-0.3, -0.25) is 4.90 Å². The van der Waals surface area contributed by atoms with Gasteiger partial charge in [0.1, 0.15) is 6.17 Å². The molecule has 90 valence electrons. The molecule has 2 atom stereocenters. The van der Waals surface area contributed by atoms with Crippen LogP contribution >= 0.6 is 0 Å².